The van der Waals surface area contributed by atoms with Crippen LogP contribution in [0.3, 0.4) is 0 Å². The van der Waals surface area contributed by atoms with Crippen molar-refractivity contribution < 1.29 is 14.1 Å². The van der Waals surface area contributed by atoms with Gasteiger partial charge >= 0.3 is 0 Å². The molecule has 0 saturated heterocycles. The Morgan fingerprint density at radius 2 is 2.28 bits per heavy atom. The average Bonchev–Trinajstić information content (AvgIpc) is 2.29. The summed E-state index contributed by atoms with van der Waals surface area (Å²) in [4.78, 5) is 10.3. The monoisotopic (exact) mass is 256 g/mol. The number of benzene rings is 1. The molecule has 0 heterocycles. The van der Waals surface area contributed by atoms with Gasteiger partial charge < -0.3 is 10.1 Å². The van der Waals surface area contributed by atoms with Gasteiger partial charge in [-0.1, -0.05) is 0 Å². The summed E-state index contributed by atoms with van der Waals surface area (Å²) in [6, 6.07) is 3.44. The Bertz CT molecular complexity index is 412. The van der Waals surface area contributed by atoms with Gasteiger partial charge in [-0.05, 0) is 26.0 Å². The first-order valence-corrected chi connectivity index (χ1v) is 5.79. The molecule has 0 aromatic heterocycles. The molecule has 1 aromatic carbocycles. The van der Waals surface area contributed by atoms with Crippen LogP contribution in [-0.4, -0.2) is 24.2 Å². The van der Waals surface area contributed by atoms with Gasteiger partial charge in [0.2, 0.25) is 0 Å². The summed E-state index contributed by atoms with van der Waals surface area (Å²) in [5.41, 5.74) is 0.261. The fourth-order valence-corrected chi connectivity index (χ4v) is 1.63. The molecule has 0 aliphatic heterocycles. The second kappa shape index (κ2) is 7.03. The summed E-state index contributed by atoms with van der Waals surface area (Å²) in [6.07, 6.45) is 0.0163. The maximum Gasteiger partial charge on any atom is 0.274 e. The Morgan fingerprint density at radius 3 is 2.89 bits per heavy atom. The van der Waals surface area contributed by atoms with Crippen molar-refractivity contribution in [3.8, 4) is 0 Å². The second-order valence-corrected chi connectivity index (χ2v) is 3.93. The molecule has 5 nitrogen and oxygen atoms in total. The van der Waals surface area contributed by atoms with Crippen LogP contribution in [0.5, 0.6) is 0 Å². The van der Waals surface area contributed by atoms with Crippen molar-refractivity contribution >= 4 is 5.69 Å². The van der Waals surface area contributed by atoms with Crippen LogP contribution in [0.25, 0.3) is 0 Å². The summed E-state index contributed by atoms with van der Waals surface area (Å²) in [5.74, 6) is -0.477. The third-order valence-electron chi connectivity index (χ3n) is 2.44. The number of nitrogens with zero attached hydrogens (tertiary/aromatic N) is 1. The van der Waals surface area contributed by atoms with Crippen LogP contribution in [-0.2, 0) is 11.3 Å². The molecule has 1 unspecified atom stereocenters. The number of rotatable bonds is 7. The van der Waals surface area contributed by atoms with E-state index in [1.54, 1.807) is 0 Å². The van der Waals surface area contributed by atoms with E-state index in [2.05, 4.69) is 5.32 Å². The lowest BCUT2D eigenvalue weighted by Gasteiger charge is -2.12. The first-order valence-electron chi connectivity index (χ1n) is 5.79. The van der Waals surface area contributed by atoms with Crippen molar-refractivity contribution in [3.63, 3.8) is 0 Å². The molecule has 0 radical (unpaired) electrons. The van der Waals surface area contributed by atoms with E-state index in [-0.39, 0.29) is 18.3 Å². The third-order valence-corrected chi connectivity index (χ3v) is 2.44. The van der Waals surface area contributed by atoms with Crippen LogP contribution in [0.2, 0.25) is 0 Å². The van der Waals surface area contributed by atoms with Crippen LogP contribution in [0.1, 0.15) is 19.4 Å². The number of hydrogen-bond donors (Lipinski definition) is 1. The standard InChI is InChI=1S/C12H17FN2O3/c1-3-18-9(2)7-14-8-10-6-11(13)4-5-12(10)15(16)17/h4-6,9,14H,3,7-8H2,1-2H3. The maximum absolute atomic E-state index is 13.0. The molecular formula is C12H17FN2O3. The zero-order chi connectivity index (χ0) is 13.5. The van der Waals surface area contributed by atoms with Crippen LogP contribution in [0.15, 0.2) is 18.2 Å². The predicted octanol–water partition coefficient (Wildman–Crippen LogP) is 2.25. The Morgan fingerprint density at radius 1 is 1.56 bits per heavy atom. The minimum absolute atomic E-state index is 0.0163. The fourth-order valence-electron chi connectivity index (χ4n) is 1.63. The van der Waals surface area contributed by atoms with E-state index in [0.29, 0.717) is 18.7 Å². The molecule has 1 atom stereocenters. The van der Waals surface area contributed by atoms with Crippen molar-refractivity contribution in [2.75, 3.05) is 13.2 Å². The van der Waals surface area contributed by atoms with Gasteiger partial charge in [-0.15, -0.1) is 0 Å². The van der Waals surface area contributed by atoms with Gasteiger partial charge in [-0.2, -0.15) is 0 Å². The molecule has 0 aliphatic rings. The molecular weight excluding hydrogens is 239 g/mol. The topological polar surface area (TPSA) is 64.4 Å². The van der Waals surface area contributed by atoms with E-state index in [0.717, 1.165) is 6.07 Å². The highest BCUT2D eigenvalue weighted by Crippen LogP contribution is 2.19. The van der Waals surface area contributed by atoms with Gasteiger partial charge in [0.15, 0.2) is 0 Å². The Hall–Kier alpha value is -1.53. The first kappa shape index (κ1) is 14.5. The van der Waals surface area contributed by atoms with Gasteiger partial charge in [0.05, 0.1) is 11.0 Å². The Balaban J connectivity index is 2.60. The van der Waals surface area contributed by atoms with Gasteiger partial charge in [0, 0.05) is 31.3 Å². The lowest BCUT2D eigenvalue weighted by Crippen LogP contribution is -2.26. The molecule has 1 N–H and O–H groups in total. The Labute approximate surface area is 105 Å². The highest BCUT2D eigenvalue weighted by Gasteiger charge is 2.14. The molecule has 1 aromatic rings. The quantitative estimate of drug-likeness (QED) is 0.600. The van der Waals surface area contributed by atoms with Crippen molar-refractivity contribution in [2.24, 2.45) is 0 Å². The summed E-state index contributed by atoms with van der Waals surface area (Å²) in [6.45, 7) is 5.21. The number of nitro benzene ring substituents is 1. The molecule has 0 fully saturated rings. The number of nitro groups is 1. The van der Waals surface area contributed by atoms with Crippen molar-refractivity contribution in [2.45, 2.75) is 26.5 Å². The largest absolute Gasteiger partial charge is 0.377 e. The third kappa shape index (κ3) is 4.38. The molecule has 0 amide bonds. The minimum Gasteiger partial charge on any atom is -0.377 e. The lowest BCUT2D eigenvalue weighted by molar-refractivity contribution is -0.385. The Kier molecular flexibility index (Phi) is 5.67. The van der Waals surface area contributed by atoms with E-state index in [9.17, 15) is 14.5 Å². The summed E-state index contributed by atoms with van der Waals surface area (Å²) < 4.78 is 18.4. The molecule has 0 bridgehead atoms. The SMILES string of the molecule is CCOC(C)CNCc1cc(F)ccc1[N+](=O)[O-]. The first-order chi connectivity index (χ1) is 8.54. The van der Waals surface area contributed by atoms with Crippen molar-refractivity contribution in [1.29, 1.82) is 0 Å². The van der Waals surface area contributed by atoms with E-state index in [1.165, 1.54) is 12.1 Å². The maximum atomic E-state index is 13.0. The zero-order valence-corrected chi connectivity index (χ0v) is 10.5. The normalized spacial score (nSPS) is 12.4. The zero-order valence-electron chi connectivity index (χ0n) is 10.5. The van der Waals surface area contributed by atoms with Gasteiger partial charge in [-0.25, -0.2) is 4.39 Å². The predicted molar refractivity (Wildman–Crippen MR) is 65.8 cm³/mol. The van der Waals surface area contributed by atoms with Crippen LogP contribution in [0.4, 0.5) is 10.1 Å². The number of halogens is 1. The smallest absolute Gasteiger partial charge is 0.274 e. The molecule has 0 aliphatic carbocycles. The molecule has 0 saturated carbocycles. The number of hydrogen-bond acceptors (Lipinski definition) is 4. The minimum atomic E-state index is -0.511. The van der Waals surface area contributed by atoms with E-state index < -0.39 is 10.7 Å². The second-order valence-electron chi connectivity index (χ2n) is 3.93. The van der Waals surface area contributed by atoms with E-state index in [4.69, 9.17) is 4.74 Å². The highest BCUT2D eigenvalue weighted by atomic mass is 19.1. The lowest BCUT2D eigenvalue weighted by atomic mass is 10.1. The van der Waals surface area contributed by atoms with E-state index >= 15 is 0 Å². The summed E-state index contributed by atoms with van der Waals surface area (Å²) in [5, 5.41) is 13.8. The van der Waals surface area contributed by atoms with Crippen molar-refractivity contribution in [3.05, 3.63) is 39.7 Å². The fraction of sp³-hybridized carbons (Fsp3) is 0.500. The van der Waals surface area contributed by atoms with E-state index in [1.807, 2.05) is 13.8 Å². The number of nitrogens with one attached hydrogen (secondary N) is 1. The molecule has 6 heteroatoms. The summed E-state index contributed by atoms with van der Waals surface area (Å²) >= 11 is 0. The van der Waals surface area contributed by atoms with Crippen LogP contribution >= 0.6 is 0 Å². The molecule has 100 valence electrons. The molecule has 0 spiro atoms. The van der Waals surface area contributed by atoms with Crippen LogP contribution in [0, 0.1) is 15.9 Å². The molecule has 18 heavy (non-hydrogen) atoms. The van der Waals surface area contributed by atoms with Crippen molar-refractivity contribution in [1.82, 2.24) is 5.32 Å². The molecule has 1 rings (SSSR count). The number of ether oxygens (including phenoxy) is 1. The van der Waals surface area contributed by atoms with Crippen LogP contribution < -0.4 is 5.32 Å². The van der Waals surface area contributed by atoms with Gasteiger partial charge in [0.1, 0.15) is 5.82 Å². The summed E-state index contributed by atoms with van der Waals surface area (Å²) in [7, 11) is 0. The average molecular weight is 256 g/mol. The van der Waals surface area contributed by atoms with Gasteiger partial charge in [-0.3, -0.25) is 10.1 Å². The van der Waals surface area contributed by atoms with Gasteiger partial charge in [0.25, 0.3) is 5.69 Å². The highest BCUT2D eigenvalue weighted by molar-refractivity contribution is 5.40.